The molecule has 6 nitrogen and oxygen atoms in total. The number of ketones is 1. The van der Waals surface area contributed by atoms with Crippen LogP contribution in [0.5, 0.6) is 0 Å². The Kier molecular flexibility index (Phi) is 5.45. The van der Waals surface area contributed by atoms with Crippen molar-refractivity contribution in [2.45, 2.75) is 11.8 Å². The summed E-state index contributed by atoms with van der Waals surface area (Å²) in [7, 11) is -4.12. The van der Waals surface area contributed by atoms with Crippen molar-refractivity contribution >= 4 is 33.1 Å². The topological polar surface area (TPSA) is 92.3 Å². The Bertz CT molecular complexity index is 1630. The Morgan fingerprint density at radius 1 is 0.800 bits per heavy atom. The molecule has 1 aliphatic rings. The second-order valence-electron chi connectivity index (χ2n) is 8.15. The number of amides is 1. The van der Waals surface area contributed by atoms with Crippen molar-refractivity contribution in [3.63, 3.8) is 0 Å². The molecule has 0 heterocycles. The van der Waals surface area contributed by atoms with Gasteiger partial charge in [0, 0.05) is 22.4 Å². The van der Waals surface area contributed by atoms with Gasteiger partial charge in [-0.1, -0.05) is 48.5 Å². The van der Waals surface area contributed by atoms with Gasteiger partial charge in [0.25, 0.3) is 15.9 Å². The van der Waals surface area contributed by atoms with Crippen LogP contribution in [0.4, 0.5) is 15.8 Å². The summed E-state index contributed by atoms with van der Waals surface area (Å²) in [4.78, 5) is 25.6. The highest BCUT2D eigenvalue weighted by Crippen LogP contribution is 2.36. The Labute approximate surface area is 201 Å². The summed E-state index contributed by atoms with van der Waals surface area (Å²) in [5.41, 5.74) is 3.39. The standard InChI is InChI=1S/C27H19FN2O4S/c1-16-10-12-18(15-25(16)35(33,34)30-24-9-5-4-8-23(24)28)29-27(32)17-11-13-20-19-6-2-3-7-21(19)26(31)22(20)14-17/h2-15,30H,1H3,(H,29,32). The van der Waals surface area contributed by atoms with Gasteiger partial charge in [-0.2, -0.15) is 0 Å². The minimum absolute atomic E-state index is 0.0990. The SMILES string of the molecule is Cc1ccc(NC(=O)c2ccc3c(c2)C(=O)c2ccccc2-3)cc1S(=O)(=O)Nc1ccccc1F. The number of carbonyl (C=O) groups is 2. The van der Waals surface area contributed by atoms with Crippen molar-refractivity contribution in [3.8, 4) is 11.1 Å². The molecular formula is C27H19FN2O4S. The molecule has 0 aromatic heterocycles. The number of aryl methyl sites for hydroxylation is 1. The van der Waals surface area contributed by atoms with Gasteiger partial charge in [-0.25, -0.2) is 12.8 Å². The monoisotopic (exact) mass is 486 g/mol. The molecule has 174 valence electrons. The third-order valence-electron chi connectivity index (χ3n) is 5.84. The molecule has 35 heavy (non-hydrogen) atoms. The van der Waals surface area contributed by atoms with Gasteiger partial charge in [0.05, 0.1) is 10.6 Å². The zero-order valence-corrected chi connectivity index (χ0v) is 19.3. The van der Waals surface area contributed by atoms with Gasteiger partial charge >= 0.3 is 0 Å². The summed E-state index contributed by atoms with van der Waals surface area (Å²) in [6, 6.07) is 22.0. The van der Waals surface area contributed by atoms with E-state index < -0.39 is 21.7 Å². The molecule has 1 amide bonds. The number of anilines is 2. The highest BCUT2D eigenvalue weighted by atomic mass is 32.2. The van der Waals surface area contributed by atoms with Crippen LogP contribution in [0, 0.1) is 12.7 Å². The van der Waals surface area contributed by atoms with Crippen molar-refractivity contribution in [3.05, 3.63) is 113 Å². The highest BCUT2D eigenvalue weighted by molar-refractivity contribution is 7.92. The fraction of sp³-hybridized carbons (Fsp3) is 0.0370. The molecule has 0 atom stereocenters. The van der Waals surface area contributed by atoms with Crippen molar-refractivity contribution in [1.29, 1.82) is 0 Å². The number of hydrogen-bond donors (Lipinski definition) is 2. The van der Waals surface area contributed by atoms with Crippen LogP contribution in [-0.2, 0) is 10.0 Å². The van der Waals surface area contributed by atoms with Gasteiger partial charge < -0.3 is 5.32 Å². The van der Waals surface area contributed by atoms with Crippen molar-refractivity contribution in [2.75, 3.05) is 10.0 Å². The smallest absolute Gasteiger partial charge is 0.262 e. The summed E-state index contributed by atoms with van der Waals surface area (Å²) in [5, 5.41) is 2.68. The van der Waals surface area contributed by atoms with Gasteiger partial charge in [-0.15, -0.1) is 0 Å². The fourth-order valence-corrected chi connectivity index (χ4v) is 5.42. The molecule has 0 saturated heterocycles. The molecule has 4 aromatic rings. The predicted octanol–water partition coefficient (Wildman–Crippen LogP) is 5.40. The number of fused-ring (bicyclic) bond motifs is 3. The molecule has 0 aliphatic heterocycles. The van der Waals surface area contributed by atoms with E-state index in [-0.39, 0.29) is 27.6 Å². The zero-order chi connectivity index (χ0) is 24.7. The maximum atomic E-state index is 14.0. The van der Waals surface area contributed by atoms with Crippen molar-refractivity contribution in [2.24, 2.45) is 0 Å². The minimum Gasteiger partial charge on any atom is -0.322 e. The van der Waals surface area contributed by atoms with Gasteiger partial charge in [-0.3, -0.25) is 14.3 Å². The molecule has 0 saturated carbocycles. The summed E-state index contributed by atoms with van der Waals surface area (Å²) >= 11 is 0. The summed E-state index contributed by atoms with van der Waals surface area (Å²) in [6.45, 7) is 1.60. The van der Waals surface area contributed by atoms with E-state index in [1.807, 2.05) is 12.1 Å². The number of carbonyl (C=O) groups excluding carboxylic acids is 2. The van der Waals surface area contributed by atoms with E-state index in [9.17, 15) is 22.4 Å². The van der Waals surface area contributed by atoms with Crippen LogP contribution in [0.25, 0.3) is 11.1 Å². The summed E-state index contributed by atoms with van der Waals surface area (Å²) < 4.78 is 42.1. The lowest BCUT2D eigenvalue weighted by molar-refractivity contribution is 0.102. The van der Waals surface area contributed by atoms with Crippen LogP contribution in [0.3, 0.4) is 0 Å². The van der Waals surface area contributed by atoms with Gasteiger partial charge in [-0.05, 0) is 60.0 Å². The van der Waals surface area contributed by atoms with Crippen molar-refractivity contribution < 1.29 is 22.4 Å². The molecule has 0 bridgehead atoms. The zero-order valence-electron chi connectivity index (χ0n) is 18.5. The number of nitrogens with one attached hydrogen (secondary N) is 2. The average molecular weight is 487 g/mol. The summed E-state index contributed by atoms with van der Waals surface area (Å²) in [6.07, 6.45) is 0. The molecule has 2 N–H and O–H groups in total. The number of halogens is 1. The van der Waals surface area contributed by atoms with Crippen LogP contribution in [0.2, 0.25) is 0 Å². The van der Waals surface area contributed by atoms with E-state index in [1.165, 1.54) is 24.3 Å². The Morgan fingerprint density at radius 3 is 2.26 bits per heavy atom. The van der Waals surface area contributed by atoms with Crippen LogP contribution in [0.1, 0.15) is 31.8 Å². The van der Waals surface area contributed by atoms with Gasteiger partial charge in [0.2, 0.25) is 0 Å². The number of benzene rings is 4. The first kappa shape index (κ1) is 22.5. The molecule has 1 aliphatic carbocycles. The Hall–Kier alpha value is -4.30. The van der Waals surface area contributed by atoms with Crippen LogP contribution in [0.15, 0.2) is 89.8 Å². The first-order valence-electron chi connectivity index (χ1n) is 10.7. The van der Waals surface area contributed by atoms with Gasteiger partial charge in [0.1, 0.15) is 5.82 Å². The average Bonchev–Trinajstić information content (AvgIpc) is 3.13. The Morgan fingerprint density at radius 2 is 1.49 bits per heavy atom. The molecule has 4 aromatic carbocycles. The van der Waals surface area contributed by atoms with E-state index in [0.29, 0.717) is 16.7 Å². The van der Waals surface area contributed by atoms with E-state index >= 15 is 0 Å². The third-order valence-corrected chi connectivity index (χ3v) is 7.35. The molecule has 0 fully saturated rings. The predicted molar refractivity (Wildman–Crippen MR) is 132 cm³/mol. The quantitative estimate of drug-likeness (QED) is 0.348. The van der Waals surface area contributed by atoms with Crippen LogP contribution < -0.4 is 10.0 Å². The molecule has 0 radical (unpaired) electrons. The van der Waals surface area contributed by atoms with E-state index in [0.717, 1.165) is 17.2 Å². The first-order chi connectivity index (χ1) is 16.7. The summed E-state index contributed by atoms with van der Waals surface area (Å²) in [5.74, 6) is -1.34. The second-order valence-corrected chi connectivity index (χ2v) is 9.81. The lowest BCUT2D eigenvalue weighted by Crippen LogP contribution is -2.17. The maximum Gasteiger partial charge on any atom is 0.262 e. The molecule has 8 heteroatoms. The van der Waals surface area contributed by atoms with E-state index in [1.54, 1.807) is 49.4 Å². The Balaban J connectivity index is 1.41. The fourth-order valence-electron chi connectivity index (χ4n) is 4.08. The molecule has 0 spiro atoms. The van der Waals surface area contributed by atoms with Crippen molar-refractivity contribution in [1.82, 2.24) is 0 Å². The largest absolute Gasteiger partial charge is 0.322 e. The van der Waals surface area contributed by atoms with Crippen LogP contribution in [-0.4, -0.2) is 20.1 Å². The van der Waals surface area contributed by atoms with E-state index in [4.69, 9.17) is 0 Å². The molecule has 5 rings (SSSR count). The number of hydrogen-bond acceptors (Lipinski definition) is 4. The van der Waals surface area contributed by atoms with E-state index in [2.05, 4.69) is 10.0 Å². The molecule has 0 unspecified atom stereocenters. The maximum absolute atomic E-state index is 14.0. The normalized spacial score (nSPS) is 12.1. The molecular weight excluding hydrogens is 467 g/mol. The minimum atomic E-state index is -4.12. The second kappa shape index (κ2) is 8.48. The number of sulfonamides is 1. The first-order valence-corrected chi connectivity index (χ1v) is 12.2. The van der Waals surface area contributed by atoms with Gasteiger partial charge in [0.15, 0.2) is 5.78 Å². The number of para-hydroxylation sites is 1. The number of rotatable bonds is 5. The lowest BCUT2D eigenvalue weighted by Gasteiger charge is -2.13. The highest BCUT2D eigenvalue weighted by Gasteiger charge is 2.27. The van der Waals surface area contributed by atoms with Crippen LogP contribution >= 0.6 is 0 Å². The third kappa shape index (κ3) is 4.08. The lowest BCUT2D eigenvalue weighted by atomic mass is 10.0.